The first-order chi connectivity index (χ1) is 9.65. The van der Waals surface area contributed by atoms with Gasteiger partial charge in [-0.15, -0.1) is 11.3 Å². The first-order valence-corrected chi connectivity index (χ1v) is 8.05. The molecule has 20 heavy (non-hydrogen) atoms. The van der Waals surface area contributed by atoms with Crippen LogP contribution < -0.4 is 10.6 Å². The number of halogens is 2. The van der Waals surface area contributed by atoms with Gasteiger partial charge in [-0.25, -0.2) is 9.97 Å². The fraction of sp³-hybridized carbons (Fsp3) is 0.385. The summed E-state index contributed by atoms with van der Waals surface area (Å²) in [5.41, 5.74) is 0. The van der Waals surface area contributed by atoms with E-state index in [2.05, 4.69) is 27.5 Å². The second kappa shape index (κ2) is 7.11. The number of rotatable bonds is 6. The topological polar surface area (TPSA) is 49.8 Å². The number of nitrogens with zero attached hydrogens (tertiary/aromatic N) is 2. The van der Waals surface area contributed by atoms with Crippen LogP contribution in [0.15, 0.2) is 17.6 Å². The third kappa shape index (κ3) is 3.53. The third-order valence-electron chi connectivity index (χ3n) is 2.74. The lowest BCUT2D eigenvalue weighted by atomic mass is 10.2. The zero-order valence-corrected chi connectivity index (χ0v) is 13.6. The predicted octanol–water partition coefficient (Wildman–Crippen LogP) is 4.84. The molecule has 4 nitrogen and oxygen atoms in total. The minimum atomic E-state index is 0.0932. The highest BCUT2D eigenvalue weighted by molar-refractivity contribution is 7.09. The molecule has 0 aromatic carbocycles. The highest BCUT2D eigenvalue weighted by Gasteiger charge is 2.16. The quantitative estimate of drug-likeness (QED) is 0.795. The van der Waals surface area contributed by atoms with Crippen molar-refractivity contribution in [1.82, 2.24) is 9.97 Å². The van der Waals surface area contributed by atoms with E-state index in [-0.39, 0.29) is 6.04 Å². The molecular formula is C13H16Cl2N4S. The summed E-state index contributed by atoms with van der Waals surface area (Å²) in [4.78, 5) is 8.78. The van der Waals surface area contributed by atoms with E-state index in [0.29, 0.717) is 21.7 Å². The molecule has 0 fully saturated rings. The zero-order valence-electron chi connectivity index (χ0n) is 11.3. The van der Waals surface area contributed by atoms with Crippen LogP contribution in [0.25, 0.3) is 0 Å². The van der Waals surface area contributed by atoms with Crippen molar-refractivity contribution in [3.63, 3.8) is 0 Å². The van der Waals surface area contributed by atoms with E-state index in [9.17, 15) is 0 Å². The van der Waals surface area contributed by atoms with Crippen LogP contribution in [-0.2, 0) is 0 Å². The van der Waals surface area contributed by atoms with E-state index in [4.69, 9.17) is 23.2 Å². The minimum absolute atomic E-state index is 0.0932. The first-order valence-electron chi connectivity index (χ1n) is 6.41. The Kier molecular flexibility index (Phi) is 5.46. The van der Waals surface area contributed by atoms with Gasteiger partial charge in [-0.3, -0.25) is 0 Å². The van der Waals surface area contributed by atoms with Crippen LogP contribution in [0.3, 0.4) is 0 Å². The van der Waals surface area contributed by atoms with Gasteiger partial charge in [0.15, 0.2) is 0 Å². The highest BCUT2D eigenvalue weighted by atomic mass is 35.5. The van der Waals surface area contributed by atoms with Gasteiger partial charge >= 0.3 is 0 Å². The van der Waals surface area contributed by atoms with Crippen LogP contribution in [0.1, 0.15) is 31.3 Å². The third-order valence-corrected chi connectivity index (χ3v) is 4.21. The van der Waals surface area contributed by atoms with Gasteiger partial charge in [-0.05, 0) is 19.4 Å². The molecule has 1 atom stereocenters. The molecule has 2 heterocycles. The van der Waals surface area contributed by atoms with E-state index in [1.54, 1.807) is 23.6 Å². The molecule has 0 bridgehead atoms. The SMILES string of the molecule is CCNc1nc(NC(CC)c2nccs2)c(Cl)cc1Cl. The Morgan fingerprint density at radius 2 is 2.00 bits per heavy atom. The number of anilines is 2. The second-order valence-electron chi connectivity index (χ2n) is 4.16. The van der Waals surface area contributed by atoms with Crippen molar-refractivity contribution < 1.29 is 0 Å². The van der Waals surface area contributed by atoms with Crippen molar-refractivity contribution in [1.29, 1.82) is 0 Å². The molecule has 0 aliphatic rings. The standard InChI is InChI=1S/C13H16Cl2N4S/c1-3-10(13-17-5-6-20-13)18-12-9(15)7-8(14)11(19-12)16-4-2/h5-7,10H,3-4H2,1-2H3,(H2,16,18,19). The van der Waals surface area contributed by atoms with Gasteiger partial charge in [0, 0.05) is 18.1 Å². The maximum absolute atomic E-state index is 6.21. The van der Waals surface area contributed by atoms with Crippen LogP contribution in [0.2, 0.25) is 10.0 Å². The second-order valence-corrected chi connectivity index (χ2v) is 5.90. The van der Waals surface area contributed by atoms with Crippen LogP contribution in [0.5, 0.6) is 0 Å². The van der Waals surface area contributed by atoms with E-state index < -0.39 is 0 Å². The average Bonchev–Trinajstić information content (AvgIpc) is 2.94. The molecular weight excluding hydrogens is 315 g/mol. The molecule has 2 aromatic rings. The molecule has 2 aromatic heterocycles. The summed E-state index contributed by atoms with van der Waals surface area (Å²) >= 11 is 13.9. The van der Waals surface area contributed by atoms with Crippen LogP contribution >= 0.6 is 34.5 Å². The molecule has 2 N–H and O–H groups in total. The average molecular weight is 331 g/mol. The number of nitrogens with one attached hydrogen (secondary N) is 2. The molecule has 0 radical (unpaired) electrons. The van der Waals surface area contributed by atoms with Gasteiger partial charge in [-0.1, -0.05) is 30.1 Å². The molecule has 0 amide bonds. The van der Waals surface area contributed by atoms with Crippen molar-refractivity contribution in [3.05, 3.63) is 32.7 Å². The van der Waals surface area contributed by atoms with Gasteiger partial charge in [0.05, 0.1) is 16.1 Å². The first kappa shape index (κ1) is 15.4. The molecule has 0 aliphatic carbocycles. The van der Waals surface area contributed by atoms with Gasteiger partial charge in [0.2, 0.25) is 0 Å². The van der Waals surface area contributed by atoms with Gasteiger partial charge < -0.3 is 10.6 Å². The molecule has 0 aliphatic heterocycles. The van der Waals surface area contributed by atoms with Gasteiger partial charge in [0.1, 0.15) is 16.6 Å². The van der Waals surface area contributed by atoms with E-state index in [1.807, 2.05) is 12.3 Å². The predicted molar refractivity (Wildman–Crippen MR) is 87.2 cm³/mol. The summed E-state index contributed by atoms with van der Waals surface area (Å²) in [6.07, 6.45) is 2.69. The smallest absolute Gasteiger partial charge is 0.147 e. The molecule has 108 valence electrons. The summed E-state index contributed by atoms with van der Waals surface area (Å²) in [6.45, 7) is 4.83. The number of thiazole rings is 1. The summed E-state index contributed by atoms with van der Waals surface area (Å²) in [6, 6.07) is 1.79. The number of hydrogen-bond acceptors (Lipinski definition) is 5. The fourth-order valence-electron chi connectivity index (χ4n) is 1.77. The molecule has 2 rings (SSSR count). The van der Waals surface area contributed by atoms with Crippen molar-refractivity contribution >= 4 is 46.2 Å². The van der Waals surface area contributed by atoms with Crippen molar-refractivity contribution in [2.24, 2.45) is 0 Å². The molecule has 1 unspecified atom stereocenters. The van der Waals surface area contributed by atoms with E-state index >= 15 is 0 Å². The maximum atomic E-state index is 6.21. The lowest BCUT2D eigenvalue weighted by Crippen LogP contribution is -2.12. The lowest BCUT2D eigenvalue weighted by Gasteiger charge is -2.17. The van der Waals surface area contributed by atoms with Gasteiger partial charge in [0.25, 0.3) is 0 Å². The Balaban J connectivity index is 2.25. The number of hydrogen-bond donors (Lipinski definition) is 2. The molecule has 7 heteroatoms. The zero-order chi connectivity index (χ0) is 14.5. The minimum Gasteiger partial charge on any atom is -0.369 e. The summed E-state index contributed by atoms with van der Waals surface area (Å²) in [5, 5.41) is 10.4. The van der Waals surface area contributed by atoms with Crippen molar-refractivity contribution in [2.45, 2.75) is 26.3 Å². The van der Waals surface area contributed by atoms with E-state index in [0.717, 1.165) is 18.0 Å². The molecule has 0 saturated heterocycles. The van der Waals surface area contributed by atoms with Crippen LogP contribution in [-0.4, -0.2) is 16.5 Å². The largest absolute Gasteiger partial charge is 0.369 e. The Labute approximate surface area is 132 Å². The highest BCUT2D eigenvalue weighted by Crippen LogP contribution is 2.32. The Bertz CT molecular complexity index is 560. The Morgan fingerprint density at radius 3 is 2.60 bits per heavy atom. The van der Waals surface area contributed by atoms with Crippen molar-refractivity contribution in [2.75, 3.05) is 17.2 Å². The van der Waals surface area contributed by atoms with Crippen molar-refractivity contribution in [3.8, 4) is 0 Å². The summed E-state index contributed by atoms with van der Waals surface area (Å²) < 4.78 is 0. The van der Waals surface area contributed by atoms with Crippen LogP contribution in [0, 0.1) is 0 Å². The Hall–Kier alpha value is -1.04. The molecule has 0 spiro atoms. The molecule has 0 saturated carbocycles. The van der Waals surface area contributed by atoms with Crippen LogP contribution in [0.4, 0.5) is 11.6 Å². The normalized spacial score (nSPS) is 12.2. The number of pyridine rings is 1. The lowest BCUT2D eigenvalue weighted by molar-refractivity contribution is 0.738. The van der Waals surface area contributed by atoms with E-state index in [1.165, 1.54) is 0 Å². The maximum Gasteiger partial charge on any atom is 0.147 e. The monoisotopic (exact) mass is 330 g/mol. The summed E-state index contributed by atoms with van der Waals surface area (Å²) in [5.74, 6) is 1.25. The van der Waals surface area contributed by atoms with Gasteiger partial charge in [-0.2, -0.15) is 0 Å². The Morgan fingerprint density at radius 1 is 1.25 bits per heavy atom. The fourth-order valence-corrected chi connectivity index (χ4v) is 3.02. The summed E-state index contributed by atoms with van der Waals surface area (Å²) in [7, 11) is 0. The number of aromatic nitrogens is 2.